The van der Waals surface area contributed by atoms with E-state index < -0.39 is 0 Å². The van der Waals surface area contributed by atoms with Crippen molar-refractivity contribution in [1.82, 2.24) is 0 Å². The molecule has 16 rings (SSSR count). The first-order valence-electron chi connectivity index (χ1n) is 26.2. The van der Waals surface area contributed by atoms with Crippen molar-refractivity contribution in [2.45, 2.75) is 0 Å². The molecule has 9 heteroatoms. The predicted molar refractivity (Wildman–Crippen MR) is 317 cm³/mol. The molecule has 0 saturated carbocycles. The van der Waals surface area contributed by atoms with E-state index in [4.69, 9.17) is 13.9 Å². The average molecular weight is 987 g/mol. The van der Waals surface area contributed by atoms with Crippen LogP contribution in [0.5, 0.6) is 23.0 Å². The zero-order valence-corrected chi connectivity index (χ0v) is 41.6. The number of rotatable bonds is 8. The van der Waals surface area contributed by atoms with E-state index in [9.17, 15) is 0 Å². The van der Waals surface area contributed by atoms with Gasteiger partial charge in [-0.1, -0.05) is 146 Å². The van der Waals surface area contributed by atoms with Crippen molar-refractivity contribution < 1.29 is 13.9 Å². The molecule has 0 aliphatic carbocycles. The van der Waals surface area contributed by atoms with Gasteiger partial charge in [-0.05, 0) is 125 Å². The lowest BCUT2D eigenvalue weighted by molar-refractivity contribution is 0.465. The molecule has 0 amide bonds. The highest BCUT2D eigenvalue weighted by Crippen LogP contribution is 2.50. The number of fused-ring (bicyclic) bond motifs is 10. The molecule has 0 unspecified atom stereocenters. The van der Waals surface area contributed by atoms with Crippen LogP contribution in [-0.2, 0) is 0 Å². The highest BCUT2D eigenvalue weighted by Gasteiger charge is 2.49. The Kier molecular flexibility index (Phi) is 9.69. The Balaban J connectivity index is 0.951. The summed E-state index contributed by atoms with van der Waals surface area (Å²) in [6.45, 7) is -0.519. The van der Waals surface area contributed by atoms with E-state index in [1.165, 1.54) is 5.46 Å². The molecule has 11 aromatic carbocycles. The number of para-hydroxylation sites is 8. The third-order valence-electron chi connectivity index (χ3n) is 15.6. The number of hydrogen-bond acceptors (Lipinski definition) is 7. The standard InChI is InChI=1S/C68H44B2N4O3/c1-7-23-45(24-8-1)71(46-25-9-2-10-26-46)51-39-58-65-63(41-51)75-61-44-62-56(43-55(61)69(65)54-36-20-21-37-57(54)73(58)49-31-15-5-16-32-49)70-66-59(74(50-33-17-6-18-34-50)67-53-35-19-22-38-60(53)77-68(67)70)40-52(42-64(66)76-62)72(47-27-11-3-12-28-47)48-29-13-4-14-30-48/h1-44H. The maximum atomic E-state index is 7.45. The van der Waals surface area contributed by atoms with E-state index in [2.05, 4.69) is 287 Å². The van der Waals surface area contributed by atoms with Crippen molar-refractivity contribution in [3.8, 4) is 23.0 Å². The molecule has 0 fully saturated rings. The van der Waals surface area contributed by atoms with Gasteiger partial charge in [0.25, 0.3) is 6.71 Å². The first-order chi connectivity index (χ1) is 38.2. The lowest BCUT2D eigenvalue weighted by Crippen LogP contribution is -2.63. The molecular weight excluding hydrogens is 942 g/mol. The van der Waals surface area contributed by atoms with E-state index >= 15 is 0 Å². The van der Waals surface area contributed by atoms with Gasteiger partial charge in [0.1, 0.15) is 28.6 Å². The molecule has 0 saturated heterocycles. The fraction of sp³-hybridized carbons (Fsp3) is 0. The topological polar surface area (TPSA) is 44.6 Å². The average Bonchev–Trinajstić information content (AvgIpc) is 4.02. The summed E-state index contributed by atoms with van der Waals surface area (Å²) >= 11 is 0. The SMILES string of the molecule is c1ccc(N(c2ccccc2)c2cc3c4c(c2)N(c2ccccc2)c2ccccc2B4c2cc4c(cc2O3)Oc2cc(N(c3ccccc3)c3ccccc3)cc3c2B4c2oc4ccccc4c2N3c2ccccc2)cc1. The molecule has 1 aromatic heterocycles. The molecule has 0 atom stereocenters. The van der Waals surface area contributed by atoms with Crippen molar-refractivity contribution in [2.24, 2.45) is 0 Å². The number of ether oxygens (including phenoxy) is 2. The quantitative estimate of drug-likeness (QED) is 0.141. The number of hydrogen-bond donors (Lipinski definition) is 0. The van der Waals surface area contributed by atoms with E-state index in [-0.39, 0.29) is 13.4 Å². The number of nitrogens with zero attached hydrogens (tertiary/aromatic N) is 4. The maximum absolute atomic E-state index is 7.45. The molecule has 77 heavy (non-hydrogen) atoms. The Bertz CT molecular complexity index is 4180. The summed E-state index contributed by atoms with van der Waals surface area (Å²) in [4.78, 5) is 9.42. The van der Waals surface area contributed by atoms with Crippen LogP contribution < -0.4 is 62.0 Å². The summed E-state index contributed by atoms with van der Waals surface area (Å²) in [5.74, 6) is 3.02. The Morgan fingerprint density at radius 1 is 0.312 bits per heavy atom. The molecule has 0 N–H and O–H groups in total. The van der Waals surface area contributed by atoms with Gasteiger partial charge in [0.15, 0.2) is 0 Å². The van der Waals surface area contributed by atoms with Crippen LogP contribution in [0.2, 0.25) is 0 Å². The lowest BCUT2D eigenvalue weighted by Gasteiger charge is -2.42. The monoisotopic (exact) mass is 986 g/mol. The van der Waals surface area contributed by atoms with Crippen molar-refractivity contribution in [3.63, 3.8) is 0 Å². The van der Waals surface area contributed by atoms with Crippen molar-refractivity contribution in [1.29, 1.82) is 0 Å². The van der Waals surface area contributed by atoms with Gasteiger partial charge < -0.3 is 33.5 Å². The molecule has 7 nitrogen and oxygen atoms in total. The largest absolute Gasteiger partial charge is 0.468 e. The highest BCUT2D eigenvalue weighted by molar-refractivity contribution is 7.01. The van der Waals surface area contributed by atoms with Crippen LogP contribution in [0.25, 0.3) is 11.0 Å². The second-order valence-electron chi connectivity index (χ2n) is 20.0. The Morgan fingerprint density at radius 3 is 1.29 bits per heavy atom. The van der Waals surface area contributed by atoms with Crippen molar-refractivity contribution in [3.05, 3.63) is 267 Å². The smallest absolute Gasteiger partial charge is 0.301 e. The first-order valence-corrected chi connectivity index (χ1v) is 26.2. The summed E-state index contributed by atoms with van der Waals surface area (Å²) in [7, 11) is 0. The molecule has 0 bridgehead atoms. The summed E-state index contributed by atoms with van der Waals surface area (Å²) in [6, 6.07) is 94.6. The number of furan rings is 1. The van der Waals surface area contributed by atoms with Gasteiger partial charge in [-0.3, -0.25) is 0 Å². The highest BCUT2D eigenvalue weighted by atomic mass is 16.5. The van der Waals surface area contributed by atoms with Crippen LogP contribution in [0.1, 0.15) is 0 Å². The van der Waals surface area contributed by atoms with E-state index in [1.807, 2.05) is 0 Å². The summed E-state index contributed by atoms with van der Waals surface area (Å²) in [5, 5.41) is 1.04. The number of anilines is 12. The van der Waals surface area contributed by atoms with E-state index in [0.717, 1.165) is 130 Å². The van der Waals surface area contributed by atoms with E-state index in [0.29, 0.717) is 0 Å². The van der Waals surface area contributed by atoms with Gasteiger partial charge >= 0.3 is 6.71 Å². The second-order valence-corrected chi connectivity index (χ2v) is 20.0. The molecule has 360 valence electrons. The van der Waals surface area contributed by atoms with E-state index in [1.54, 1.807) is 0 Å². The van der Waals surface area contributed by atoms with Crippen LogP contribution in [-0.4, -0.2) is 13.4 Å². The summed E-state index contributed by atoms with van der Waals surface area (Å²) in [6.07, 6.45) is 0. The first kappa shape index (κ1) is 43.3. The second kappa shape index (κ2) is 17.2. The lowest BCUT2D eigenvalue weighted by atomic mass is 9.32. The Hall–Kier alpha value is -10.1. The normalized spacial score (nSPS) is 13.0. The van der Waals surface area contributed by atoms with Crippen LogP contribution in [0.3, 0.4) is 0 Å². The third kappa shape index (κ3) is 6.73. The minimum absolute atomic E-state index is 0.186. The molecule has 0 spiro atoms. The summed E-state index contributed by atoms with van der Waals surface area (Å²) in [5.41, 5.74) is 19.5. The van der Waals surface area contributed by atoms with Gasteiger partial charge in [0, 0.05) is 80.2 Å². The minimum atomic E-state index is -0.333. The molecule has 4 aliphatic heterocycles. The van der Waals surface area contributed by atoms with Crippen LogP contribution in [0.4, 0.5) is 68.2 Å². The predicted octanol–water partition coefficient (Wildman–Crippen LogP) is 14.2. The minimum Gasteiger partial charge on any atom is -0.468 e. The maximum Gasteiger partial charge on any atom is 0.301 e. The zero-order valence-electron chi connectivity index (χ0n) is 41.6. The molecule has 5 heterocycles. The van der Waals surface area contributed by atoms with Crippen molar-refractivity contribution in [2.75, 3.05) is 19.6 Å². The van der Waals surface area contributed by atoms with Gasteiger partial charge in [0.05, 0.1) is 22.7 Å². The van der Waals surface area contributed by atoms with Gasteiger partial charge in [-0.15, -0.1) is 0 Å². The van der Waals surface area contributed by atoms with Gasteiger partial charge in [0.2, 0.25) is 0 Å². The molecular formula is C68H44B2N4O3. The fourth-order valence-electron chi connectivity index (χ4n) is 12.5. The van der Waals surface area contributed by atoms with Gasteiger partial charge in [-0.2, -0.15) is 0 Å². The third-order valence-corrected chi connectivity index (χ3v) is 15.6. The Labute approximate surface area is 446 Å². The van der Waals surface area contributed by atoms with Crippen LogP contribution >= 0.6 is 0 Å². The van der Waals surface area contributed by atoms with Crippen molar-refractivity contribution >= 4 is 126 Å². The number of benzene rings is 11. The fourth-order valence-corrected chi connectivity index (χ4v) is 12.5. The Morgan fingerprint density at radius 2 is 0.740 bits per heavy atom. The van der Waals surface area contributed by atoms with Gasteiger partial charge in [-0.25, -0.2) is 0 Å². The van der Waals surface area contributed by atoms with Crippen LogP contribution in [0.15, 0.2) is 271 Å². The molecule has 0 radical (unpaired) electrons. The zero-order chi connectivity index (χ0) is 50.6. The molecule has 4 aliphatic rings. The van der Waals surface area contributed by atoms with Crippen LogP contribution in [0, 0.1) is 0 Å². The summed E-state index contributed by atoms with van der Waals surface area (Å²) < 4.78 is 22.1. The molecule has 12 aromatic rings.